The quantitative estimate of drug-likeness (QED) is 0.833. The molecule has 20 heavy (non-hydrogen) atoms. The van der Waals surface area contributed by atoms with E-state index in [9.17, 15) is 0 Å². The summed E-state index contributed by atoms with van der Waals surface area (Å²) in [5.41, 5.74) is 1.73. The Kier molecular flexibility index (Phi) is 5.09. The molecule has 2 rings (SSSR count). The van der Waals surface area contributed by atoms with Crippen molar-refractivity contribution in [2.45, 2.75) is 58.9 Å². The third kappa shape index (κ3) is 3.35. The van der Waals surface area contributed by atoms with Crippen LogP contribution in [0.2, 0.25) is 0 Å². The fraction of sp³-hybridized carbons (Fsp3) is 0.667. The Balaban J connectivity index is 2.16. The van der Waals surface area contributed by atoms with Crippen LogP contribution in [0.25, 0.3) is 0 Å². The summed E-state index contributed by atoms with van der Waals surface area (Å²) >= 11 is 0. The van der Waals surface area contributed by atoms with Crippen molar-refractivity contribution in [1.29, 1.82) is 0 Å². The number of para-hydroxylation sites is 1. The number of benzene rings is 1. The van der Waals surface area contributed by atoms with Gasteiger partial charge in [0.2, 0.25) is 0 Å². The van der Waals surface area contributed by atoms with Gasteiger partial charge in [0, 0.05) is 6.04 Å². The molecule has 0 aromatic heterocycles. The molecule has 2 nitrogen and oxygen atoms in total. The molecule has 2 atom stereocenters. The van der Waals surface area contributed by atoms with Crippen LogP contribution in [0, 0.1) is 5.41 Å². The molecule has 0 fully saturated rings. The number of hydrogen-bond acceptors (Lipinski definition) is 2. The Hall–Kier alpha value is -1.02. The van der Waals surface area contributed by atoms with Crippen LogP contribution < -0.4 is 10.1 Å². The lowest BCUT2D eigenvalue weighted by molar-refractivity contribution is 0.192. The molecule has 1 aromatic rings. The maximum Gasteiger partial charge on any atom is 0.122 e. The highest BCUT2D eigenvalue weighted by Gasteiger charge is 2.31. The molecule has 0 spiro atoms. The van der Waals surface area contributed by atoms with Crippen LogP contribution in [0.15, 0.2) is 24.3 Å². The molecule has 0 amide bonds. The molecule has 1 aromatic carbocycles. The minimum absolute atomic E-state index is 0.337. The van der Waals surface area contributed by atoms with Crippen LogP contribution in [0.4, 0.5) is 0 Å². The zero-order valence-corrected chi connectivity index (χ0v) is 13.4. The second kappa shape index (κ2) is 6.62. The zero-order valence-electron chi connectivity index (χ0n) is 13.4. The van der Waals surface area contributed by atoms with Gasteiger partial charge in [0.15, 0.2) is 0 Å². The molecule has 1 aliphatic heterocycles. The van der Waals surface area contributed by atoms with Crippen molar-refractivity contribution >= 4 is 0 Å². The lowest BCUT2D eigenvalue weighted by Gasteiger charge is -2.38. The fourth-order valence-electron chi connectivity index (χ4n) is 3.12. The maximum absolute atomic E-state index is 5.79. The first kappa shape index (κ1) is 15.4. The summed E-state index contributed by atoms with van der Waals surface area (Å²) in [7, 11) is 0. The molecule has 0 saturated heterocycles. The number of hydrogen-bond donors (Lipinski definition) is 1. The molecular formula is C18H29NO. The van der Waals surface area contributed by atoms with Gasteiger partial charge in [-0.05, 0) is 48.8 Å². The van der Waals surface area contributed by atoms with Crippen LogP contribution in [0.1, 0.15) is 58.4 Å². The van der Waals surface area contributed by atoms with E-state index in [2.05, 4.69) is 57.3 Å². The molecule has 2 heteroatoms. The minimum Gasteiger partial charge on any atom is -0.493 e. The third-order valence-corrected chi connectivity index (χ3v) is 4.91. The van der Waals surface area contributed by atoms with E-state index >= 15 is 0 Å². The van der Waals surface area contributed by atoms with Crippen LogP contribution >= 0.6 is 0 Å². The molecule has 112 valence electrons. The highest BCUT2D eigenvalue weighted by molar-refractivity contribution is 5.37. The summed E-state index contributed by atoms with van der Waals surface area (Å²) in [6.07, 6.45) is 3.54. The zero-order chi connectivity index (χ0) is 14.6. The number of rotatable bonds is 6. The van der Waals surface area contributed by atoms with Crippen molar-refractivity contribution in [3.8, 4) is 5.75 Å². The first-order valence-corrected chi connectivity index (χ1v) is 8.03. The van der Waals surface area contributed by atoms with Crippen LogP contribution in [-0.4, -0.2) is 19.2 Å². The van der Waals surface area contributed by atoms with Gasteiger partial charge in [-0.1, -0.05) is 45.9 Å². The molecule has 1 aliphatic rings. The Labute approximate surface area is 123 Å². The van der Waals surface area contributed by atoms with Gasteiger partial charge in [0.05, 0.1) is 6.61 Å². The van der Waals surface area contributed by atoms with E-state index in [0.29, 0.717) is 17.4 Å². The van der Waals surface area contributed by atoms with Gasteiger partial charge in [-0.25, -0.2) is 0 Å². The topological polar surface area (TPSA) is 21.3 Å². The average molecular weight is 275 g/mol. The number of nitrogens with one attached hydrogen (secondary N) is 1. The van der Waals surface area contributed by atoms with E-state index in [4.69, 9.17) is 4.74 Å². The van der Waals surface area contributed by atoms with E-state index in [1.54, 1.807) is 0 Å². The summed E-state index contributed by atoms with van der Waals surface area (Å²) in [6.45, 7) is 11.2. The molecule has 1 N–H and O–H groups in total. The van der Waals surface area contributed by atoms with E-state index < -0.39 is 0 Å². The molecule has 0 radical (unpaired) electrons. The van der Waals surface area contributed by atoms with Crippen molar-refractivity contribution in [3.63, 3.8) is 0 Å². The fourth-order valence-corrected chi connectivity index (χ4v) is 3.12. The normalized spacial score (nSPS) is 20.1. The lowest BCUT2D eigenvalue weighted by Crippen LogP contribution is -2.43. The Morgan fingerprint density at radius 2 is 2.05 bits per heavy atom. The second-order valence-corrected chi connectivity index (χ2v) is 6.56. The van der Waals surface area contributed by atoms with E-state index in [0.717, 1.165) is 25.3 Å². The van der Waals surface area contributed by atoms with Gasteiger partial charge < -0.3 is 10.1 Å². The summed E-state index contributed by atoms with van der Waals surface area (Å²) in [5, 5.41) is 3.71. The van der Waals surface area contributed by atoms with Crippen molar-refractivity contribution in [2.75, 3.05) is 13.2 Å². The van der Waals surface area contributed by atoms with Crippen molar-refractivity contribution in [2.24, 2.45) is 5.41 Å². The summed E-state index contributed by atoms with van der Waals surface area (Å²) in [6, 6.07) is 9.11. The van der Waals surface area contributed by atoms with Gasteiger partial charge >= 0.3 is 0 Å². The average Bonchev–Trinajstić information content (AvgIpc) is 2.47. The van der Waals surface area contributed by atoms with E-state index in [-0.39, 0.29) is 0 Å². The van der Waals surface area contributed by atoms with Crippen LogP contribution in [-0.2, 0) is 0 Å². The standard InChI is InChI=1S/C18H29NO/c1-5-18(3,4)17(19-6-2)13-14-11-12-20-16-10-8-7-9-15(14)16/h7-10,14,17,19H,5-6,11-13H2,1-4H3. The number of ether oxygens (including phenoxy) is 1. The van der Waals surface area contributed by atoms with Crippen molar-refractivity contribution in [3.05, 3.63) is 29.8 Å². The number of fused-ring (bicyclic) bond motifs is 1. The van der Waals surface area contributed by atoms with Crippen LogP contribution in [0.5, 0.6) is 5.75 Å². The summed E-state index contributed by atoms with van der Waals surface area (Å²) in [4.78, 5) is 0. The SMILES string of the molecule is CCNC(CC1CCOc2ccccc21)C(C)(C)CC. The van der Waals surface area contributed by atoms with Crippen molar-refractivity contribution < 1.29 is 4.74 Å². The molecule has 1 heterocycles. The van der Waals surface area contributed by atoms with Crippen molar-refractivity contribution in [1.82, 2.24) is 5.32 Å². The Morgan fingerprint density at radius 3 is 2.75 bits per heavy atom. The highest BCUT2D eigenvalue weighted by atomic mass is 16.5. The molecule has 0 bridgehead atoms. The van der Waals surface area contributed by atoms with E-state index in [1.807, 2.05) is 0 Å². The minimum atomic E-state index is 0.337. The first-order chi connectivity index (χ1) is 9.58. The smallest absolute Gasteiger partial charge is 0.122 e. The summed E-state index contributed by atoms with van der Waals surface area (Å²) in [5.74, 6) is 1.71. The molecule has 2 unspecified atom stereocenters. The predicted molar refractivity (Wildman–Crippen MR) is 85.4 cm³/mol. The van der Waals surface area contributed by atoms with Crippen LogP contribution in [0.3, 0.4) is 0 Å². The second-order valence-electron chi connectivity index (χ2n) is 6.56. The van der Waals surface area contributed by atoms with E-state index in [1.165, 1.54) is 18.4 Å². The van der Waals surface area contributed by atoms with Gasteiger partial charge in [-0.2, -0.15) is 0 Å². The van der Waals surface area contributed by atoms with Gasteiger partial charge in [-0.3, -0.25) is 0 Å². The van der Waals surface area contributed by atoms with Gasteiger partial charge in [0.1, 0.15) is 5.75 Å². The van der Waals surface area contributed by atoms with Gasteiger partial charge in [0.25, 0.3) is 0 Å². The van der Waals surface area contributed by atoms with Gasteiger partial charge in [-0.15, -0.1) is 0 Å². The summed E-state index contributed by atoms with van der Waals surface area (Å²) < 4.78 is 5.79. The lowest BCUT2D eigenvalue weighted by atomic mass is 9.75. The molecule has 0 aliphatic carbocycles. The maximum atomic E-state index is 5.79. The molecule has 0 saturated carbocycles. The predicted octanol–water partition coefficient (Wildman–Crippen LogP) is 4.36. The monoisotopic (exact) mass is 275 g/mol. The Bertz CT molecular complexity index is 427. The Morgan fingerprint density at radius 1 is 1.30 bits per heavy atom. The third-order valence-electron chi connectivity index (χ3n) is 4.91. The largest absolute Gasteiger partial charge is 0.493 e. The molecular weight excluding hydrogens is 246 g/mol. The highest BCUT2D eigenvalue weighted by Crippen LogP contribution is 2.39. The first-order valence-electron chi connectivity index (χ1n) is 8.03.